The van der Waals surface area contributed by atoms with Crippen molar-refractivity contribution >= 4 is 10.8 Å². The summed E-state index contributed by atoms with van der Waals surface area (Å²) >= 11 is 0. The zero-order valence-electron chi connectivity index (χ0n) is 12.7. The number of hydrogen-bond donors (Lipinski definition) is 0. The van der Waals surface area contributed by atoms with Gasteiger partial charge in [-0.15, -0.1) is 0 Å². The monoisotopic (exact) mass is 308 g/mol. The highest BCUT2D eigenvalue weighted by molar-refractivity contribution is 5.83. The van der Waals surface area contributed by atoms with E-state index in [0.717, 1.165) is 27.8 Å². The minimum Gasteiger partial charge on any atom is -0.490 e. The number of rotatable bonds is 6. The first kappa shape index (κ1) is 15.1. The van der Waals surface area contributed by atoms with Crippen LogP contribution in [0.4, 0.5) is 4.39 Å². The molecule has 3 heteroatoms. The molecule has 0 saturated carbocycles. The highest BCUT2D eigenvalue weighted by atomic mass is 19.1. The van der Waals surface area contributed by atoms with Crippen LogP contribution in [-0.4, -0.2) is 6.61 Å². The molecule has 3 aromatic carbocycles. The summed E-state index contributed by atoms with van der Waals surface area (Å²) in [6.07, 6.45) is 1.71. The van der Waals surface area contributed by atoms with E-state index >= 15 is 0 Å². The van der Waals surface area contributed by atoms with Crippen LogP contribution < -0.4 is 9.47 Å². The second kappa shape index (κ2) is 6.97. The normalized spacial score (nSPS) is 10.5. The van der Waals surface area contributed by atoms with Gasteiger partial charge in [-0.2, -0.15) is 0 Å². The molecular weight excluding hydrogens is 291 g/mol. The van der Waals surface area contributed by atoms with Gasteiger partial charge in [-0.05, 0) is 52.7 Å². The average Bonchev–Trinajstić information content (AvgIpc) is 2.59. The summed E-state index contributed by atoms with van der Waals surface area (Å²) in [6, 6.07) is 18.1. The summed E-state index contributed by atoms with van der Waals surface area (Å²) < 4.78 is 24.4. The van der Waals surface area contributed by atoms with Crippen molar-refractivity contribution in [1.29, 1.82) is 0 Å². The van der Waals surface area contributed by atoms with E-state index in [4.69, 9.17) is 9.47 Å². The van der Waals surface area contributed by atoms with Crippen molar-refractivity contribution in [3.05, 3.63) is 84.7 Å². The quantitative estimate of drug-likeness (QED) is 0.588. The SMILES string of the molecule is C=CCOc1ccc(COc2ccc3cc(F)ccc3c2)cc1. The zero-order chi connectivity index (χ0) is 16.1. The molecule has 0 fully saturated rings. The lowest BCUT2D eigenvalue weighted by Crippen LogP contribution is -1.96. The van der Waals surface area contributed by atoms with Crippen molar-refractivity contribution in [2.45, 2.75) is 6.61 Å². The molecule has 0 aliphatic heterocycles. The fraction of sp³-hybridized carbons (Fsp3) is 0.100. The first-order valence-electron chi connectivity index (χ1n) is 7.39. The number of benzene rings is 3. The highest BCUT2D eigenvalue weighted by Gasteiger charge is 2.01. The van der Waals surface area contributed by atoms with Crippen molar-refractivity contribution < 1.29 is 13.9 Å². The molecule has 0 atom stereocenters. The number of ether oxygens (including phenoxy) is 2. The molecule has 2 nitrogen and oxygen atoms in total. The third-order valence-electron chi connectivity index (χ3n) is 3.47. The van der Waals surface area contributed by atoms with Crippen LogP contribution in [-0.2, 0) is 6.61 Å². The van der Waals surface area contributed by atoms with Gasteiger partial charge in [0.1, 0.15) is 30.5 Å². The van der Waals surface area contributed by atoms with Crippen molar-refractivity contribution in [2.24, 2.45) is 0 Å². The van der Waals surface area contributed by atoms with E-state index in [-0.39, 0.29) is 5.82 Å². The van der Waals surface area contributed by atoms with Gasteiger partial charge in [0, 0.05) is 0 Å². The molecule has 0 unspecified atom stereocenters. The Morgan fingerprint density at radius 3 is 2.30 bits per heavy atom. The van der Waals surface area contributed by atoms with Crippen molar-refractivity contribution in [3.63, 3.8) is 0 Å². The van der Waals surface area contributed by atoms with Crippen LogP contribution in [0.1, 0.15) is 5.56 Å². The fourth-order valence-corrected chi connectivity index (χ4v) is 2.29. The average molecular weight is 308 g/mol. The summed E-state index contributed by atoms with van der Waals surface area (Å²) in [5.74, 6) is 1.34. The number of halogens is 1. The van der Waals surface area contributed by atoms with E-state index in [1.165, 1.54) is 12.1 Å². The molecule has 0 spiro atoms. The third kappa shape index (κ3) is 3.89. The van der Waals surface area contributed by atoms with Crippen LogP contribution in [0.15, 0.2) is 73.3 Å². The highest BCUT2D eigenvalue weighted by Crippen LogP contribution is 2.22. The van der Waals surface area contributed by atoms with Gasteiger partial charge in [0.05, 0.1) is 0 Å². The van der Waals surface area contributed by atoms with Gasteiger partial charge in [-0.1, -0.05) is 36.9 Å². The Kier molecular flexibility index (Phi) is 4.57. The van der Waals surface area contributed by atoms with Gasteiger partial charge in [0.15, 0.2) is 0 Å². The van der Waals surface area contributed by atoms with Crippen LogP contribution in [0, 0.1) is 5.82 Å². The van der Waals surface area contributed by atoms with E-state index in [1.807, 2.05) is 42.5 Å². The lowest BCUT2D eigenvalue weighted by Gasteiger charge is -2.09. The van der Waals surface area contributed by atoms with Crippen molar-refractivity contribution in [3.8, 4) is 11.5 Å². The molecule has 0 aromatic heterocycles. The summed E-state index contributed by atoms with van der Waals surface area (Å²) in [6.45, 7) is 4.58. The third-order valence-corrected chi connectivity index (χ3v) is 3.47. The Balaban J connectivity index is 1.65. The van der Waals surface area contributed by atoms with Crippen LogP contribution in [0.5, 0.6) is 11.5 Å². The van der Waals surface area contributed by atoms with E-state index in [0.29, 0.717) is 13.2 Å². The molecule has 23 heavy (non-hydrogen) atoms. The van der Waals surface area contributed by atoms with Gasteiger partial charge in [-0.25, -0.2) is 4.39 Å². The Bertz CT molecular complexity index is 809. The first-order valence-corrected chi connectivity index (χ1v) is 7.39. The summed E-state index contributed by atoms with van der Waals surface area (Å²) in [4.78, 5) is 0. The maximum absolute atomic E-state index is 13.2. The molecule has 0 aliphatic carbocycles. The van der Waals surface area contributed by atoms with Gasteiger partial charge < -0.3 is 9.47 Å². The maximum atomic E-state index is 13.2. The summed E-state index contributed by atoms with van der Waals surface area (Å²) in [5, 5.41) is 1.82. The van der Waals surface area contributed by atoms with E-state index in [2.05, 4.69) is 6.58 Å². The Hall–Kier alpha value is -2.81. The Morgan fingerprint density at radius 2 is 1.52 bits per heavy atom. The van der Waals surface area contributed by atoms with E-state index in [1.54, 1.807) is 12.1 Å². The van der Waals surface area contributed by atoms with Gasteiger partial charge in [0.25, 0.3) is 0 Å². The van der Waals surface area contributed by atoms with Crippen molar-refractivity contribution in [1.82, 2.24) is 0 Å². The molecular formula is C20H17FO2. The van der Waals surface area contributed by atoms with E-state index in [9.17, 15) is 4.39 Å². The number of hydrogen-bond acceptors (Lipinski definition) is 2. The fourth-order valence-electron chi connectivity index (χ4n) is 2.29. The lowest BCUT2D eigenvalue weighted by molar-refractivity contribution is 0.306. The predicted octanol–water partition coefficient (Wildman–Crippen LogP) is 5.12. The standard InChI is InChI=1S/C20H17FO2/c1-2-11-22-19-8-3-15(4-9-19)14-23-20-10-6-16-12-18(21)7-5-17(16)13-20/h2-10,12-13H,1,11,14H2. The van der Waals surface area contributed by atoms with Crippen LogP contribution in [0.2, 0.25) is 0 Å². The molecule has 0 saturated heterocycles. The molecule has 116 valence electrons. The van der Waals surface area contributed by atoms with Crippen LogP contribution in [0.25, 0.3) is 10.8 Å². The number of fused-ring (bicyclic) bond motifs is 1. The Labute approximate surface area is 134 Å². The molecule has 0 aliphatic rings. The minimum atomic E-state index is -0.232. The van der Waals surface area contributed by atoms with Crippen molar-refractivity contribution in [2.75, 3.05) is 6.61 Å². The second-order valence-corrected chi connectivity index (χ2v) is 5.19. The largest absolute Gasteiger partial charge is 0.490 e. The summed E-state index contributed by atoms with van der Waals surface area (Å²) in [5.41, 5.74) is 1.05. The first-order chi connectivity index (χ1) is 11.2. The smallest absolute Gasteiger partial charge is 0.123 e. The molecule has 0 amide bonds. The van der Waals surface area contributed by atoms with Crippen LogP contribution in [0.3, 0.4) is 0 Å². The second-order valence-electron chi connectivity index (χ2n) is 5.19. The van der Waals surface area contributed by atoms with E-state index < -0.39 is 0 Å². The van der Waals surface area contributed by atoms with Gasteiger partial charge in [0.2, 0.25) is 0 Å². The lowest BCUT2D eigenvalue weighted by atomic mass is 10.1. The molecule has 0 N–H and O–H groups in total. The minimum absolute atomic E-state index is 0.232. The zero-order valence-corrected chi connectivity index (χ0v) is 12.7. The van der Waals surface area contributed by atoms with Gasteiger partial charge in [-0.3, -0.25) is 0 Å². The predicted molar refractivity (Wildman–Crippen MR) is 90.4 cm³/mol. The molecule has 3 aromatic rings. The topological polar surface area (TPSA) is 18.5 Å². The molecule has 0 radical (unpaired) electrons. The van der Waals surface area contributed by atoms with Crippen LogP contribution >= 0.6 is 0 Å². The Morgan fingerprint density at radius 1 is 0.826 bits per heavy atom. The molecule has 3 rings (SSSR count). The summed E-state index contributed by atoms with van der Waals surface area (Å²) in [7, 11) is 0. The molecule has 0 heterocycles. The maximum Gasteiger partial charge on any atom is 0.123 e. The van der Waals surface area contributed by atoms with Gasteiger partial charge >= 0.3 is 0 Å². The molecule has 0 bridgehead atoms.